The largest absolute Gasteiger partial charge is 0.480 e. The Morgan fingerprint density at radius 2 is 1.76 bits per heavy atom. The maximum atomic E-state index is 13.6. The minimum Gasteiger partial charge on any atom is -0.480 e. The number of carboxylic acids is 1. The van der Waals surface area contributed by atoms with Crippen LogP contribution in [0.25, 0.3) is 0 Å². The molecule has 41 heavy (non-hydrogen) atoms. The van der Waals surface area contributed by atoms with Crippen molar-refractivity contribution in [1.82, 2.24) is 20.7 Å². The van der Waals surface area contributed by atoms with Gasteiger partial charge in [-0.25, -0.2) is 15.2 Å². The van der Waals surface area contributed by atoms with E-state index in [0.29, 0.717) is 37.4 Å². The van der Waals surface area contributed by atoms with Crippen LogP contribution in [0.2, 0.25) is 0 Å². The number of carbonyl (C=O) groups is 5. The number of nitrogens with zero attached hydrogens (tertiary/aromatic N) is 2. The average molecular weight is 574 g/mol. The molecule has 1 aromatic carbocycles. The third-order valence-electron chi connectivity index (χ3n) is 7.39. The molecule has 2 heterocycles. The van der Waals surface area contributed by atoms with Crippen molar-refractivity contribution in [3.05, 3.63) is 29.8 Å². The fourth-order valence-electron chi connectivity index (χ4n) is 4.94. The molecule has 0 radical (unpaired) electrons. The van der Waals surface area contributed by atoms with Crippen LogP contribution in [0.4, 0.5) is 10.5 Å². The molecule has 0 aliphatic carbocycles. The van der Waals surface area contributed by atoms with E-state index in [1.165, 1.54) is 31.2 Å². The van der Waals surface area contributed by atoms with Crippen molar-refractivity contribution in [3.63, 3.8) is 0 Å². The molecule has 2 aliphatic rings. The standard InChI is InChI=1S/C29H43N5O7/c1-19(2)18-41-29(40)31-24-9-7-22(8-10-24)26(36)34(32-20(3)28(38)39)27(37)23-5-4-16-33(17-23)25(35)11-6-21-12-14-30-15-13-21/h7-10,19-21,23,30,32H,4-6,11-18H2,1-3H3,(H,31,40)(H,38,39)/t20-,23+/m0/s1. The van der Waals surface area contributed by atoms with Crippen molar-refractivity contribution in [2.75, 3.05) is 38.1 Å². The predicted molar refractivity (Wildman–Crippen MR) is 152 cm³/mol. The van der Waals surface area contributed by atoms with Gasteiger partial charge in [-0.15, -0.1) is 0 Å². The molecule has 12 heteroatoms. The highest BCUT2D eigenvalue weighted by molar-refractivity contribution is 6.05. The maximum Gasteiger partial charge on any atom is 0.411 e. The average Bonchev–Trinajstić information content (AvgIpc) is 2.97. The predicted octanol–water partition coefficient (Wildman–Crippen LogP) is 2.86. The molecule has 0 unspecified atom stereocenters. The van der Waals surface area contributed by atoms with E-state index in [1.807, 2.05) is 13.8 Å². The van der Waals surface area contributed by atoms with E-state index in [0.717, 1.165) is 37.4 Å². The SMILES string of the molecule is CC(C)COC(=O)Nc1ccc(C(=O)N(N[C@@H](C)C(=O)O)C(=O)[C@@H]2CCCN(C(=O)CCC3CCNCC3)C2)cc1. The quantitative estimate of drug-likeness (QED) is 0.231. The molecule has 0 aromatic heterocycles. The second-order valence-corrected chi connectivity index (χ2v) is 11.3. The first-order valence-electron chi connectivity index (χ1n) is 14.4. The van der Waals surface area contributed by atoms with Crippen molar-refractivity contribution < 1.29 is 33.8 Å². The van der Waals surface area contributed by atoms with Crippen molar-refractivity contribution in [2.24, 2.45) is 17.8 Å². The van der Waals surface area contributed by atoms with Crippen molar-refractivity contribution in [2.45, 2.75) is 65.3 Å². The monoisotopic (exact) mass is 573 g/mol. The zero-order valence-corrected chi connectivity index (χ0v) is 24.2. The Morgan fingerprint density at radius 3 is 2.39 bits per heavy atom. The molecule has 12 nitrogen and oxygen atoms in total. The van der Waals surface area contributed by atoms with E-state index < -0.39 is 35.8 Å². The normalized spacial score (nSPS) is 18.4. The van der Waals surface area contributed by atoms with Gasteiger partial charge in [0, 0.05) is 30.8 Å². The minimum atomic E-state index is -1.23. The van der Waals surface area contributed by atoms with Crippen LogP contribution >= 0.6 is 0 Å². The van der Waals surface area contributed by atoms with Gasteiger partial charge in [-0.3, -0.25) is 24.5 Å². The van der Waals surface area contributed by atoms with E-state index in [1.54, 1.807) is 4.90 Å². The number of likely N-dealkylation sites (tertiary alicyclic amines) is 1. The van der Waals surface area contributed by atoms with E-state index in [2.05, 4.69) is 16.1 Å². The summed E-state index contributed by atoms with van der Waals surface area (Å²) in [5.74, 6) is -2.50. The number of anilines is 1. The fourth-order valence-corrected chi connectivity index (χ4v) is 4.94. The van der Waals surface area contributed by atoms with Crippen LogP contribution < -0.4 is 16.1 Å². The Labute approximate surface area is 241 Å². The first kappa shape index (κ1) is 32.0. The lowest BCUT2D eigenvalue weighted by Gasteiger charge is -2.35. The highest BCUT2D eigenvalue weighted by Gasteiger charge is 2.35. The van der Waals surface area contributed by atoms with Crippen LogP contribution in [-0.4, -0.2) is 83.6 Å². The summed E-state index contributed by atoms with van der Waals surface area (Å²) in [5.41, 5.74) is 3.05. The number of carbonyl (C=O) groups excluding carboxylic acids is 4. The van der Waals surface area contributed by atoms with Crippen LogP contribution in [0.3, 0.4) is 0 Å². The molecule has 1 aromatic rings. The zero-order valence-electron chi connectivity index (χ0n) is 24.2. The molecular formula is C29H43N5O7. The third kappa shape index (κ3) is 9.82. The van der Waals surface area contributed by atoms with Crippen LogP contribution in [0.5, 0.6) is 0 Å². The summed E-state index contributed by atoms with van der Waals surface area (Å²) in [6.07, 6.45) is 3.81. The van der Waals surface area contributed by atoms with Crippen LogP contribution in [-0.2, 0) is 19.1 Å². The number of hydrazine groups is 1. The summed E-state index contributed by atoms with van der Waals surface area (Å²) in [6.45, 7) is 8.09. The molecule has 226 valence electrons. The summed E-state index contributed by atoms with van der Waals surface area (Å²) >= 11 is 0. The van der Waals surface area contributed by atoms with Gasteiger partial charge in [-0.2, -0.15) is 0 Å². The number of aliphatic carboxylic acids is 1. The van der Waals surface area contributed by atoms with E-state index in [-0.39, 0.29) is 30.5 Å². The molecule has 2 saturated heterocycles. The van der Waals surface area contributed by atoms with E-state index >= 15 is 0 Å². The topological polar surface area (TPSA) is 157 Å². The lowest BCUT2D eigenvalue weighted by atomic mass is 9.92. The molecule has 0 saturated carbocycles. The molecule has 2 aliphatic heterocycles. The number of rotatable bonds is 11. The highest BCUT2D eigenvalue weighted by Crippen LogP contribution is 2.23. The van der Waals surface area contributed by atoms with Crippen molar-refractivity contribution >= 4 is 35.5 Å². The Morgan fingerprint density at radius 1 is 1.07 bits per heavy atom. The van der Waals surface area contributed by atoms with Gasteiger partial charge in [0.25, 0.3) is 5.91 Å². The molecule has 0 bridgehead atoms. The lowest BCUT2D eigenvalue weighted by molar-refractivity contribution is -0.144. The Bertz CT molecular complexity index is 1070. The first-order valence-corrected chi connectivity index (χ1v) is 14.4. The third-order valence-corrected chi connectivity index (χ3v) is 7.39. The number of carboxylic acid groups (broad SMARTS) is 1. The number of ether oxygens (including phenoxy) is 1. The summed E-state index contributed by atoms with van der Waals surface area (Å²) < 4.78 is 5.09. The molecular weight excluding hydrogens is 530 g/mol. The number of hydrogen-bond donors (Lipinski definition) is 4. The van der Waals surface area contributed by atoms with Crippen LogP contribution in [0.1, 0.15) is 69.7 Å². The number of nitrogens with one attached hydrogen (secondary N) is 3. The van der Waals surface area contributed by atoms with Gasteiger partial charge in [0.15, 0.2) is 0 Å². The molecule has 0 spiro atoms. The van der Waals surface area contributed by atoms with Crippen LogP contribution in [0.15, 0.2) is 24.3 Å². The van der Waals surface area contributed by atoms with Gasteiger partial charge in [0.05, 0.1) is 12.5 Å². The number of piperidine rings is 2. The number of benzene rings is 1. The second kappa shape index (κ2) is 15.5. The lowest BCUT2D eigenvalue weighted by Crippen LogP contribution is -2.56. The van der Waals surface area contributed by atoms with Crippen molar-refractivity contribution in [3.8, 4) is 0 Å². The number of imide groups is 1. The molecule has 4 N–H and O–H groups in total. The van der Waals surface area contributed by atoms with E-state index in [4.69, 9.17) is 4.74 Å². The summed E-state index contributed by atoms with van der Waals surface area (Å²) in [7, 11) is 0. The number of hydrogen-bond acceptors (Lipinski definition) is 8. The van der Waals surface area contributed by atoms with Gasteiger partial charge in [0.1, 0.15) is 6.04 Å². The van der Waals surface area contributed by atoms with Gasteiger partial charge >= 0.3 is 12.1 Å². The minimum absolute atomic E-state index is 0.000724. The van der Waals surface area contributed by atoms with Crippen LogP contribution in [0, 0.1) is 17.8 Å². The Balaban J connectivity index is 1.66. The van der Waals surface area contributed by atoms with Gasteiger partial charge in [-0.1, -0.05) is 13.8 Å². The second-order valence-electron chi connectivity index (χ2n) is 11.3. The summed E-state index contributed by atoms with van der Waals surface area (Å²) in [4.78, 5) is 65.2. The maximum absolute atomic E-state index is 13.6. The molecule has 2 fully saturated rings. The van der Waals surface area contributed by atoms with Gasteiger partial charge in [-0.05, 0) is 88.2 Å². The Kier molecular flexibility index (Phi) is 12.1. The Hall–Kier alpha value is -3.51. The fraction of sp³-hybridized carbons (Fsp3) is 0.621. The smallest absolute Gasteiger partial charge is 0.411 e. The molecule has 4 amide bonds. The molecule has 2 atom stereocenters. The van der Waals surface area contributed by atoms with Crippen molar-refractivity contribution in [1.29, 1.82) is 0 Å². The first-order chi connectivity index (χ1) is 19.5. The molecule has 3 rings (SSSR count). The van der Waals surface area contributed by atoms with E-state index in [9.17, 15) is 29.1 Å². The number of amides is 4. The van der Waals surface area contributed by atoms with Gasteiger partial charge in [0.2, 0.25) is 11.8 Å². The zero-order chi connectivity index (χ0) is 29.9. The highest BCUT2D eigenvalue weighted by atomic mass is 16.5. The summed E-state index contributed by atoms with van der Waals surface area (Å²) in [5, 5.41) is 16.1. The van der Waals surface area contributed by atoms with Gasteiger partial charge < -0.3 is 20.1 Å². The summed E-state index contributed by atoms with van der Waals surface area (Å²) in [6, 6.07) is 4.65.